The van der Waals surface area contributed by atoms with Gasteiger partial charge < -0.3 is 8.98 Å². The lowest BCUT2D eigenvalue weighted by Crippen LogP contribution is -2.00. The topological polar surface area (TPSA) is 56.7 Å². The maximum atomic E-state index is 6.56. The molecule has 0 radical (unpaired) electrons. The summed E-state index contributed by atoms with van der Waals surface area (Å²) in [4.78, 5) is 15.0. The zero-order chi connectivity index (χ0) is 31.6. The molecule has 0 amide bonds. The fourth-order valence-corrected chi connectivity index (χ4v) is 7.02. The molecular formula is C43H26N4O. The van der Waals surface area contributed by atoms with Gasteiger partial charge in [-0.3, -0.25) is 0 Å². The highest BCUT2D eigenvalue weighted by atomic mass is 16.3. The zero-order valence-electron chi connectivity index (χ0n) is 25.7. The van der Waals surface area contributed by atoms with Gasteiger partial charge in [-0.15, -0.1) is 0 Å². The molecule has 0 spiro atoms. The largest absolute Gasteiger partial charge is 0.455 e. The standard InChI is InChI=1S/C43H26N4O/c1-3-13-27(14-4-1)41-44-42(28-15-5-2-6-16-28)46-43(45-41)29-23-24-33-34(25-29)38(26-35-32-19-9-12-22-39(32)48-40(33)35)47-36-20-10-7-17-30(36)31-18-8-11-21-37(31)47/h1-26H. The molecule has 0 N–H and O–H groups in total. The lowest BCUT2D eigenvalue weighted by molar-refractivity contribution is 0.672. The first-order valence-corrected chi connectivity index (χ1v) is 16.0. The van der Waals surface area contributed by atoms with Gasteiger partial charge in [-0.05, 0) is 36.4 Å². The third-order valence-corrected chi connectivity index (χ3v) is 9.23. The van der Waals surface area contributed by atoms with Gasteiger partial charge in [-0.2, -0.15) is 0 Å². The summed E-state index contributed by atoms with van der Waals surface area (Å²) in [6.07, 6.45) is 0. The minimum Gasteiger partial charge on any atom is -0.455 e. The van der Waals surface area contributed by atoms with Crippen molar-refractivity contribution in [1.82, 2.24) is 19.5 Å². The molecule has 0 saturated heterocycles. The van der Waals surface area contributed by atoms with Gasteiger partial charge in [0.25, 0.3) is 0 Å². The highest BCUT2D eigenvalue weighted by Crippen LogP contribution is 2.42. The van der Waals surface area contributed by atoms with Crippen LogP contribution < -0.4 is 0 Å². The van der Waals surface area contributed by atoms with Crippen molar-refractivity contribution in [2.75, 3.05) is 0 Å². The number of aromatic nitrogens is 4. The first-order chi connectivity index (χ1) is 23.8. The molecule has 0 aliphatic carbocycles. The molecule has 0 bridgehead atoms. The Hall–Kier alpha value is -6.59. The van der Waals surface area contributed by atoms with Crippen LogP contribution in [0.4, 0.5) is 0 Å². The quantitative estimate of drug-likeness (QED) is 0.198. The van der Waals surface area contributed by atoms with E-state index < -0.39 is 0 Å². The lowest BCUT2D eigenvalue weighted by atomic mass is 10.0. The van der Waals surface area contributed by atoms with Crippen molar-refractivity contribution in [2.45, 2.75) is 0 Å². The maximum absolute atomic E-state index is 6.56. The lowest BCUT2D eigenvalue weighted by Gasteiger charge is -2.14. The number of benzene rings is 7. The molecule has 224 valence electrons. The molecule has 0 aliphatic rings. The molecule has 5 nitrogen and oxygen atoms in total. The van der Waals surface area contributed by atoms with Gasteiger partial charge in [-0.1, -0.05) is 121 Å². The zero-order valence-corrected chi connectivity index (χ0v) is 25.7. The van der Waals surface area contributed by atoms with Gasteiger partial charge in [0.05, 0.1) is 16.7 Å². The normalized spacial score (nSPS) is 11.8. The Morgan fingerprint density at radius 3 is 1.52 bits per heavy atom. The molecule has 10 rings (SSSR count). The number of para-hydroxylation sites is 3. The predicted molar refractivity (Wildman–Crippen MR) is 195 cm³/mol. The summed E-state index contributed by atoms with van der Waals surface area (Å²) >= 11 is 0. The van der Waals surface area contributed by atoms with E-state index in [-0.39, 0.29) is 0 Å². The fourth-order valence-electron chi connectivity index (χ4n) is 7.02. The van der Waals surface area contributed by atoms with E-state index >= 15 is 0 Å². The Balaban J connectivity index is 1.30. The summed E-state index contributed by atoms with van der Waals surface area (Å²) in [6, 6.07) is 54.4. The van der Waals surface area contributed by atoms with E-state index in [0.717, 1.165) is 66.1 Å². The van der Waals surface area contributed by atoms with Crippen molar-refractivity contribution >= 4 is 54.5 Å². The number of hydrogen-bond acceptors (Lipinski definition) is 4. The molecule has 7 aromatic carbocycles. The predicted octanol–water partition coefficient (Wildman–Crippen LogP) is 11.0. The smallest absolute Gasteiger partial charge is 0.164 e. The second kappa shape index (κ2) is 10.5. The van der Waals surface area contributed by atoms with Crippen LogP contribution in [-0.4, -0.2) is 19.5 Å². The van der Waals surface area contributed by atoms with Crippen molar-refractivity contribution in [3.63, 3.8) is 0 Å². The maximum Gasteiger partial charge on any atom is 0.164 e. The Kier molecular flexibility index (Phi) is 5.81. The third-order valence-electron chi connectivity index (χ3n) is 9.23. The summed E-state index contributed by atoms with van der Waals surface area (Å²) in [5.74, 6) is 1.88. The number of rotatable bonds is 4. The molecule has 10 aromatic rings. The van der Waals surface area contributed by atoms with E-state index in [1.54, 1.807) is 0 Å². The van der Waals surface area contributed by atoms with Gasteiger partial charge in [0, 0.05) is 49.0 Å². The molecule has 3 heterocycles. The minimum absolute atomic E-state index is 0.613. The van der Waals surface area contributed by atoms with Crippen LogP contribution in [0.25, 0.3) is 94.4 Å². The van der Waals surface area contributed by atoms with Crippen molar-refractivity contribution < 1.29 is 4.42 Å². The van der Waals surface area contributed by atoms with Crippen LogP contribution in [0.2, 0.25) is 0 Å². The Morgan fingerprint density at radius 1 is 0.375 bits per heavy atom. The summed E-state index contributed by atoms with van der Waals surface area (Å²) in [5.41, 5.74) is 7.89. The number of furan rings is 1. The van der Waals surface area contributed by atoms with E-state index in [2.05, 4.69) is 89.5 Å². The summed E-state index contributed by atoms with van der Waals surface area (Å²) in [5, 5.41) is 6.69. The van der Waals surface area contributed by atoms with Crippen LogP contribution in [0.1, 0.15) is 0 Å². The van der Waals surface area contributed by atoms with Crippen LogP contribution in [0.3, 0.4) is 0 Å². The van der Waals surface area contributed by atoms with Crippen molar-refractivity contribution in [1.29, 1.82) is 0 Å². The van der Waals surface area contributed by atoms with E-state index in [1.165, 1.54) is 10.8 Å². The number of nitrogens with zero attached hydrogens (tertiary/aromatic N) is 4. The number of fused-ring (bicyclic) bond motifs is 8. The van der Waals surface area contributed by atoms with Crippen LogP contribution in [0, 0.1) is 0 Å². The average Bonchev–Trinajstić information content (AvgIpc) is 3.71. The molecule has 5 heteroatoms. The molecule has 0 saturated carbocycles. The Labute approximate surface area is 275 Å². The second-order valence-electron chi connectivity index (χ2n) is 12.0. The molecule has 0 atom stereocenters. The van der Waals surface area contributed by atoms with Crippen LogP contribution in [0.5, 0.6) is 0 Å². The second-order valence-corrected chi connectivity index (χ2v) is 12.0. The summed E-state index contributed by atoms with van der Waals surface area (Å²) in [6.45, 7) is 0. The van der Waals surface area contributed by atoms with Gasteiger partial charge >= 0.3 is 0 Å². The summed E-state index contributed by atoms with van der Waals surface area (Å²) < 4.78 is 8.95. The van der Waals surface area contributed by atoms with Crippen molar-refractivity contribution in [2.24, 2.45) is 0 Å². The molecule has 0 unspecified atom stereocenters. The van der Waals surface area contributed by atoms with Crippen molar-refractivity contribution in [3.05, 3.63) is 158 Å². The van der Waals surface area contributed by atoms with E-state index in [0.29, 0.717) is 17.5 Å². The van der Waals surface area contributed by atoms with Gasteiger partial charge in [0.2, 0.25) is 0 Å². The Bertz CT molecular complexity index is 2720. The highest BCUT2D eigenvalue weighted by Gasteiger charge is 2.20. The van der Waals surface area contributed by atoms with Crippen LogP contribution >= 0.6 is 0 Å². The minimum atomic E-state index is 0.613. The van der Waals surface area contributed by atoms with Crippen LogP contribution in [-0.2, 0) is 0 Å². The fraction of sp³-hybridized carbons (Fsp3) is 0. The SMILES string of the molecule is c1ccc(-c2nc(-c3ccccc3)nc(-c3ccc4c(c3)c(-n3c5ccccc5c5ccccc53)cc3c5ccccc5oc43)n2)cc1. The van der Waals surface area contributed by atoms with E-state index in [1.807, 2.05) is 72.8 Å². The van der Waals surface area contributed by atoms with Gasteiger partial charge in [-0.25, -0.2) is 15.0 Å². The Morgan fingerprint density at radius 2 is 0.896 bits per heavy atom. The molecule has 48 heavy (non-hydrogen) atoms. The first kappa shape index (κ1) is 26.6. The van der Waals surface area contributed by atoms with Gasteiger partial charge in [0.1, 0.15) is 11.2 Å². The monoisotopic (exact) mass is 614 g/mol. The molecular weight excluding hydrogens is 589 g/mol. The van der Waals surface area contributed by atoms with Gasteiger partial charge in [0.15, 0.2) is 17.5 Å². The van der Waals surface area contributed by atoms with Crippen LogP contribution in [0.15, 0.2) is 162 Å². The van der Waals surface area contributed by atoms with E-state index in [4.69, 9.17) is 19.4 Å². The molecule has 3 aromatic heterocycles. The average molecular weight is 615 g/mol. The van der Waals surface area contributed by atoms with E-state index in [9.17, 15) is 0 Å². The highest BCUT2D eigenvalue weighted by molar-refractivity contribution is 6.19. The van der Waals surface area contributed by atoms with Crippen molar-refractivity contribution in [3.8, 4) is 39.9 Å². The molecule has 0 fully saturated rings. The first-order valence-electron chi connectivity index (χ1n) is 16.0. The summed E-state index contributed by atoms with van der Waals surface area (Å²) in [7, 11) is 0. The molecule has 0 aliphatic heterocycles. The number of hydrogen-bond donors (Lipinski definition) is 0. The third kappa shape index (κ3) is 4.08.